The first-order chi connectivity index (χ1) is 16.5. The normalized spacial score (nSPS) is 11.0. The summed E-state index contributed by atoms with van der Waals surface area (Å²) in [5, 5.41) is 12.6. The number of hydrogen-bond acceptors (Lipinski definition) is 7. The fourth-order valence-corrected chi connectivity index (χ4v) is 3.07. The summed E-state index contributed by atoms with van der Waals surface area (Å²) in [6.45, 7) is 2.65. The molecular weight excluding hydrogens is 436 g/mol. The minimum absolute atomic E-state index is 0.0154. The van der Waals surface area contributed by atoms with E-state index in [1.165, 1.54) is 12.1 Å². The molecule has 0 unspecified atom stereocenters. The van der Waals surface area contributed by atoms with Crippen molar-refractivity contribution in [2.45, 2.75) is 19.8 Å². The van der Waals surface area contributed by atoms with Crippen LogP contribution in [0.1, 0.15) is 35.7 Å². The summed E-state index contributed by atoms with van der Waals surface area (Å²) in [6, 6.07) is 17.3. The Labute approximate surface area is 196 Å². The highest BCUT2D eigenvalue weighted by Crippen LogP contribution is 2.21. The Kier molecular flexibility index (Phi) is 8.58. The minimum atomic E-state index is -0.769. The predicted molar refractivity (Wildman–Crippen MR) is 126 cm³/mol. The molecule has 174 valence electrons. The SMILES string of the molecule is CCCOc1ccccc1/C=C(\C#N)C(=O)OCCCNC(=O)c1cc2ccccc2oc1=O. The number of carbonyl (C=O) groups is 2. The molecule has 0 aliphatic carbocycles. The van der Waals surface area contributed by atoms with Gasteiger partial charge in [-0.15, -0.1) is 0 Å². The predicted octanol–water partition coefficient (Wildman–Crippen LogP) is 3.85. The van der Waals surface area contributed by atoms with E-state index in [1.54, 1.807) is 42.5 Å². The summed E-state index contributed by atoms with van der Waals surface area (Å²) < 4.78 is 16.0. The van der Waals surface area contributed by atoms with Crippen LogP contribution in [0.5, 0.6) is 5.75 Å². The first-order valence-corrected chi connectivity index (χ1v) is 10.8. The van der Waals surface area contributed by atoms with Crippen LogP contribution in [0.15, 0.2) is 69.4 Å². The van der Waals surface area contributed by atoms with E-state index >= 15 is 0 Å². The summed E-state index contributed by atoms with van der Waals surface area (Å²) in [7, 11) is 0. The van der Waals surface area contributed by atoms with Crippen molar-refractivity contribution in [2.75, 3.05) is 19.8 Å². The van der Waals surface area contributed by atoms with Crippen LogP contribution in [0.25, 0.3) is 17.0 Å². The molecule has 1 amide bonds. The number of ether oxygens (including phenoxy) is 2. The second-order valence-electron chi connectivity index (χ2n) is 7.29. The Morgan fingerprint density at radius 2 is 1.88 bits per heavy atom. The lowest BCUT2D eigenvalue weighted by atomic mass is 10.1. The van der Waals surface area contributed by atoms with E-state index in [1.807, 2.05) is 19.1 Å². The third kappa shape index (κ3) is 6.33. The number of amides is 1. The molecule has 0 radical (unpaired) electrons. The third-order valence-electron chi connectivity index (χ3n) is 4.75. The number of rotatable bonds is 10. The number of nitrogens with one attached hydrogen (secondary N) is 1. The van der Waals surface area contributed by atoms with Crippen LogP contribution in [-0.4, -0.2) is 31.6 Å². The maximum absolute atomic E-state index is 12.3. The summed E-state index contributed by atoms with van der Waals surface area (Å²) in [5.74, 6) is -0.771. The number of nitrogens with zero attached hydrogens (tertiary/aromatic N) is 1. The topological polar surface area (TPSA) is 119 Å². The zero-order valence-electron chi connectivity index (χ0n) is 18.7. The highest BCUT2D eigenvalue weighted by atomic mass is 16.5. The molecule has 1 heterocycles. The van der Waals surface area contributed by atoms with Crippen molar-refractivity contribution in [3.63, 3.8) is 0 Å². The standard InChI is InChI=1S/C26H24N2O6/c1-2-13-32-22-10-5-3-8-18(22)15-20(17-27)25(30)33-14-7-12-28-24(29)21-16-19-9-4-6-11-23(19)34-26(21)31/h3-6,8-11,15-16H,2,7,12-14H2,1H3,(H,28,29)/b20-15+. The first-order valence-electron chi connectivity index (χ1n) is 10.8. The quantitative estimate of drug-likeness (QED) is 0.160. The van der Waals surface area contributed by atoms with E-state index < -0.39 is 17.5 Å². The van der Waals surface area contributed by atoms with Gasteiger partial charge in [-0.2, -0.15) is 5.26 Å². The number of carbonyl (C=O) groups excluding carboxylic acids is 2. The summed E-state index contributed by atoms with van der Waals surface area (Å²) in [5.41, 5.74) is 0.0112. The second kappa shape index (κ2) is 12.0. The van der Waals surface area contributed by atoms with Gasteiger partial charge in [0.2, 0.25) is 0 Å². The van der Waals surface area contributed by atoms with Gasteiger partial charge in [0, 0.05) is 17.5 Å². The van der Waals surface area contributed by atoms with Crippen molar-refractivity contribution in [1.29, 1.82) is 5.26 Å². The molecule has 2 aromatic carbocycles. The van der Waals surface area contributed by atoms with Crippen LogP contribution in [0.2, 0.25) is 0 Å². The Morgan fingerprint density at radius 3 is 2.68 bits per heavy atom. The molecule has 0 atom stereocenters. The summed E-state index contributed by atoms with van der Waals surface area (Å²) >= 11 is 0. The average molecular weight is 460 g/mol. The number of nitriles is 1. The Balaban J connectivity index is 1.52. The number of fused-ring (bicyclic) bond motifs is 1. The molecule has 0 aliphatic rings. The van der Waals surface area contributed by atoms with Crippen molar-refractivity contribution in [3.8, 4) is 11.8 Å². The van der Waals surface area contributed by atoms with Gasteiger partial charge in [-0.25, -0.2) is 9.59 Å². The molecule has 1 N–H and O–H groups in total. The van der Waals surface area contributed by atoms with Crippen molar-refractivity contribution in [1.82, 2.24) is 5.32 Å². The van der Waals surface area contributed by atoms with Crippen molar-refractivity contribution in [2.24, 2.45) is 0 Å². The van der Waals surface area contributed by atoms with Gasteiger partial charge in [-0.1, -0.05) is 43.3 Å². The maximum Gasteiger partial charge on any atom is 0.349 e. The van der Waals surface area contributed by atoms with E-state index in [2.05, 4.69) is 5.32 Å². The number of para-hydroxylation sites is 2. The molecule has 1 aromatic heterocycles. The highest BCUT2D eigenvalue weighted by Gasteiger charge is 2.14. The average Bonchev–Trinajstić information content (AvgIpc) is 2.85. The molecule has 0 saturated carbocycles. The summed E-state index contributed by atoms with van der Waals surface area (Å²) in [6.07, 6.45) is 2.55. The van der Waals surface area contributed by atoms with Gasteiger partial charge in [0.15, 0.2) is 0 Å². The van der Waals surface area contributed by atoms with Crippen molar-refractivity contribution in [3.05, 3.63) is 81.7 Å². The lowest BCUT2D eigenvalue weighted by molar-refractivity contribution is -0.138. The van der Waals surface area contributed by atoms with E-state index in [0.29, 0.717) is 35.3 Å². The fraction of sp³-hybridized carbons (Fsp3) is 0.231. The largest absolute Gasteiger partial charge is 0.493 e. The van der Waals surface area contributed by atoms with Crippen molar-refractivity contribution >= 4 is 28.9 Å². The Bertz CT molecular complexity index is 1300. The molecule has 8 heteroatoms. The van der Waals surface area contributed by atoms with Crippen LogP contribution >= 0.6 is 0 Å². The van der Waals surface area contributed by atoms with Crippen LogP contribution < -0.4 is 15.7 Å². The van der Waals surface area contributed by atoms with Gasteiger partial charge in [0.05, 0.1) is 13.2 Å². The maximum atomic E-state index is 12.3. The van der Waals surface area contributed by atoms with Crippen LogP contribution in [-0.2, 0) is 9.53 Å². The van der Waals surface area contributed by atoms with Gasteiger partial charge < -0.3 is 19.2 Å². The number of hydrogen-bond donors (Lipinski definition) is 1. The van der Waals surface area contributed by atoms with E-state index in [9.17, 15) is 19.6 Å². The van der Waals surface area contributed by atoms with Gasteiger partial charge in [0.1, 0.15) is 28.5 Å². The Hall–Kier alpha value is -4.38. The van der Waals surface area contributed by atoms with E-state index in [4.69, 9.17) is 13.9 Å². The van der Waals surface area contributed by atoms with E-state index in [-0.39, 0.29) is 24.3 Å². The Morgan fingerprint density at radius 1 is 1.12 bits per heavy atom. The lowest BCUT2D eigenvalue weighted by Gasteiger charge is -2.09. The fourth-order valence-electron chi connectivity index (χ4n) is 3.07. The molecule has 0 aliphatic heterocycles. The van der Waals surface area contributed by atoms with Gasteiger partial charge in [0.25, 0.3) is 5.91 Å². The van der Waals surface area contributed by atoms with E-state index in [0.717, 1.165) is 6.42 Å². The van der Waals surface area contributed by atoms with Gasteiger partial charge in [-0.3, -0.25) is 4.79 Å². The zero-order valence-corrected chi connectivity index (χ0v) is 18.7. The molecule has 3 rings (SSSR count). The molecular formula is C26H24N2O6. The molecule has 0 spiro atoms. The molecule has 0 bridgehead atoms. The lowest BCUT2D eigenvalue weighted by Crippen LogP contribution is -2.29. The number of esters is 1. The summed E-state index contributed by atoms with van der Waals surface area (Å²) in [4.78, 5) is 36.7. The third-order valence-corrected chi connectivity index (χ3v) is 4.75. The number of benzene rings is 2. The molecule has 3 aromatic rings. The molecule has 34 heavy (non-hydrogen) atoms. The molecule has 0 fully saturated rings. The monoisotopic (exact) mass is 460 g/mol. The second-order valence-corrected chi connectivity index (χ2v) is 7.29. The van der Waals surface area contributed by atoms with Crippen LogP contribution in [0.4, 0.5) is 0 Å². The first kappa shape index (κ1) is 24.3. The van der Waals surface area contributed by atoms with Crippen molar-refractivity contribution < 1.29 is 23.5 Å². The zero-order chi connectivity index (χ0) is 24.3. The molecule has 8 nitrogen and oxygen atoms in total. The van der Waals surface area contributed by atoms with Gasteiger partial charge >= 0.3 is 11.6 Å². The minimum Gasteiger partial charge on any atom is -0.493 e. The highest BCUT2D eigenvalue weighted by molar-refractivity contribution is 5.98. The van der Waals surface area contributed by atoms with Crippen LogP contribution in [0, 0.1) is 11.3 Å². The smallest absolute Gasteiger partial charge is 0.349 e. The van der Waals surface area contributed by atoms with Crippen LogP contribution in [0.3, 0.4) is 0 Å². The molecule has 0 saturated heterocycles. The van der Waals surface area contributed by atoms with Gasteiger partial charge in [-0.05, 0) is 37.1 Å².